The lowest BCUT2D eigenvalue weighted by atomic mass is 10.1. The molecule has 0 saturated carbocycles. The monoisotopic (exact) mass is 536 g/mol. The Balaban J connectivity index is 4.79. The van der Waals surface area contributed by atoms with Crippen molar-refractivity contribution < 1.29 is 47.7 Å². The van der Waals surface area contributed by atoms with Crippen LogP contribution in [0.15, 0.2) is 50.6 Å². The van der Waals surface area contributed by atoms with E-state index in [0.717, 1.165) is 24.3 Å². The molecule has 2 amide bonds. The Labute approximate surface area is 222 Å². The normalized spacial score (nSPS) is 9.79. The van der Waals surface area contributed by atoms with Crippen LogP contribution in [0.4, 0.5) is 0 Å². The van der Waals surface area contributed by atoms with Crippen molar-refractivity contribution in [1.29, 1.82) is 0 Å². The van der Waals surface area contributed by atoms with E-state index in [2.05, 4.69) is 26.3 Å². The van der Waals surface area contributed by atoms with Crippen LogP contribution in [-0.4, -0.2) is 98.1 Å². The van der Waals surface area contributed by atoms with Crippen LogP contribution >= 0.6 is 0 Å². The van der Waals surface area contributed by atoms with Crippen molar-refractivity contribution in [3.8, 4) is 0 Å². The molecule has 0 rings (SSSR count). The standard InChI is InChI=1S/C26H36N2O10/c1-5-23(31)35-17-13-27(14-18-36-24(32)6-2)21(29)11-9-10-12-22(30)28(15-19-37-25(33)7-3)16-20-38-26(34)8-4/h5-8H,1-4,9-20H2. The van der Waals surface area contributed by atoms with Crippen molar-refractivity contribution >= 4 is 35.7 Å². The third-order valence-electron chi connectivity index (χ3n) is 4.83. The molecule has 0 aromatic heterocycles. The van der Waals surface area contributed by atoms with Gasteiger partial charge in [0.25, 0.3) is 0 Å². The number of carbonyl (C=O) groups is 6. The molecule has 0 fully saturated rings. The van der Waals surface area contributed by atoms with E-state index in [1.807, 2.05) is 0 Å². The molecule has 0 saturated heterocycles. The summed E-state index contributed by atoms with van der Waals surface area (Å²) in [7, 11) is 0. The van der Waals surface area contributed by atoms with E-state index in [1.54, 1.807) is 0 Å². The fraction of sp³-hybridized carbons (Fsp3) is 0.462. The molecule has 0 aromatic rings. The van der Waals surface area contributed by atoms with E-state index in [-0.39, 0.29) is 77.3 Å². The molecule has 0 radical (unpaired) electrons. The van der Waals surface area contributed by atoms with E-state index in [0.29, 0.717) is 12.8 Å². The molecular weight excluding hydrogens is 500 g/mol. The summed E-state index contributed by atoms with van der Waals surface area (Å²) in [5.41, 5.74) is 0. The zero-order valence-corrected chi connectivity index (χ0v) is 21.6. The van der Waals surface area contributed by atoms with Crippen molar-refractivity contribution in [2.45, 2.75) is 25.7 Å². The quantitative estimate of drug-likeness (QED) is 0.0905. The molecule has 0 spiro atoms. The molecule has 0 aliphatic carbocycles. The Morgan fingerprint density at radius 2 is 0.711 bits per heavy atom. The maximum absolute atomic E-state index is 12.7. The summed E-state index contributed by atoms with van der Waals surface area (Å²) in [6, 6.07) is 0. The highest BCUT2D eigenvalue weighted by Gasteiger charge is 2.17. The summed E-state index contributed by atoms with van der Waals surface area (Å²) in [5, 5.41) is 0. The van der Waals surface area contributed by atoms with E-state index < -0.39 is 23.9 Å². The van der Waals surface area contributed by atoms with Gasteiger partial charge in [0.1, 0.15) is 26.4 Å². The van der Waals surface area contributed by atoms with Gasteiger partial charge in [-0.25, -0.2) is 19.2 Å². The second-order valence-corrected chi connectivity index (χ2v) is 7.46. The van der Waals surface area contributed by atoms with Gasteiger partial charge in [0.2, 0.25) is 11.8 Å². The highest BCUT2D eigenvalue weighted by molar-refractivity contribution is 5.82. The van der Waals surface area contributed by atoms with Gasteiger partial charge in [-0.15, -0.1) is 0 Å². The van der Waals surface area contributed by atoms with Crippen molar-refractivity contribution in [2.75, 3.05) is 52.6 Å². The van der Waals surface area contributed by atoms with E-state index in [1.165, 1.54) is 9.80 Å². The lowest BCUT2D eigenvalue weighted by molar-refractivity contribution is -0.144. The Hall–Kier alpha value is -4.22. The average Bonchev–Trinajstić information content (AvgIpc) is 2.92. The van der Waals surface area contributed by atoms with Gasteiger partial charge in [-0.2, -0.15) is 0 Å². The minimum Gasteiger partial charge on any atom is -0.461 e. The van der Waals surface area contributed by atoms with Crippen molar-refractivity contribution in [2.24, 2.45) is 0 Å². The topological polar surface area (TPSA) is 146 Å². The Kier molecular flexibility index (Phi) is 18.6. The van der Waals surface area contributed by atoms with Gasteiger partial charge in [-0.1, -0.05) is 26.3 Å². The van der Waals surface area contributed by atoms with Crippen LogP contribution in [0.1, 0.15) is 25.7 Å². The molecule has 0 N–H and O–H groups in total. The van der Waals surface area contributed by atoms with Crippen molar-refractivity contribution in [3.05, 3.63) is 50.6 Å². The lowest BCUT2D eigenvalue weighted by Gasteiger charge is -2.23. The number of nitrogens with zero attached hydrogens (tertiary/aromatic N) is 2. The fourth-order valence-corrected chi connectivity index (χ4v) is 2.85. The van der Waals surface area contributed by atoms with Gasteiger partial charge in [0.05, 0.1) is 26.2 Å². The molecule has 0 aromatic carbocycles. The largest absolute Gasteiger partial charge is 0.461 e. The number of hydrogen-bond donors (Lipinski definition) is 0. The molecule has 38 heavy (non-hydrogen) atoms. The summed E-state index contributed by atoms with van der Waals surface area (Å²) in [6.45, 7) is 13.3. The molecule has 12 heteroatoms. The van der Waals surface area contributed by atoms with Gasteiger partial charge in [0.15, 0.2) is 0 Å². The molecular formula is C26H36N2O10. The Morgan fingerprint density at radius 3 is 0.921 bits per heavy atom. The lowest BCUT2D eigenvalue weighted by Crippen LogP contribution is -2.37. The van der Waals surface area contributed by atoms with Gasteiger partial charge in [0, 0.05) is 37.1 Å². The maximum Gasteiger partial charge on any atom is 0.330 e. The third kappa shape index (κ3) is 16.5. The Morgan fingerprint density at radius 1 is 0.474 bits per heavy atom. The number of carbonyl (C=O) groups excluding carboxylic acids is 6. The predicted octanol–water partition coefficient (Wildman–Crippen LogP) is 1.12. The first-order valence-corrected chi connectivity index (χ1v) is 11.9. The molecule has 0 aliphatic rings. The van der Waals surface area contributed by atoms with Crippen LogP contribution < -0.4 is 0 Å². The highest BCUT2D eigenvalue weighted by Crippen LogP contribution is 2.07. The second kappa shape index (κ2) is 20.9. The van der Waals surface area contributed by atoms with Crippen LogP contribution in [0.2, 0.25) is 0 Å². The van der Waals surface area contributed by atoms with Crippen LogP contribution in [0.25, 0.3) is 0 Å². The number of ether oxygens (including phenoxy) is 4. The summed E-state index contributed by atoms with van der Waals surface area (Å²) in [6.07, 6.45) is 4.99. The zero-order chi connectivity index (χ0) is 28.8. The number of unbranched alkanes of at least 4 members (excludes halogenated alkanes) is 1. The van der Waals surface area contributed by atoms with Crippen LogP contribution in [0.5, 0.6) is 0 Å². The van der Waals surface area contributed by atoms with Gasteiger partial charge < -0.3 is 28.7 Å². The summed E-state index contributed by atoms with van der Waals surface area (Å²) in [4.78, 5) is 73.1. The van der Waals surface area contributed by atoms with E-state index in [4.69, 9.17) is 18.9 Å². The van der Waals surface area contributed by atoms with E-state index >= 15 is 0 Å². The molecule has 0 bridgehead atoms. The Bertz CT molecular complexity index is 746. The molecule has 210 valence electrons. The number of amides is 2. The minimum atomic E-state index is -0.628. The van der Waals surface area contributed by atoms with Gasteiger partial charge in [-0.3, -0.25) is 9.59 Å². The highest BCUT2D eigenvalue weighted by atomic mass is 16.5. The van der Waals surface area contributed by atoms with Crippen molar-refractivity contribution in [1.82, 2.24) is 9.80 Å². The maximum atomic E-state index is 12.7. The first kappa shape index (κ1) is 33.8. The zero-order valence-electron chi connectivity index (χ0n) is 21.6. The van der Waals surface area contributed by atoms with Crippen LogP contribution in [-0.2, 0) is 47.7 Å². The summed E-state index contributed by atoms with van der Waals surface area (Å²) in [5.74, 6) is -3.05. The molecule has 0 atom stereocenters. The fourth-order valence-electron chi connectivity index (χ4n) is 2.85. The first-order valence-electron chi connectivity index (χ1n) is 11.9. The third-order valence-corrected chi connectivity index (χ3v) is 4.83. The molecule has 0 aliphatic heterocycles. The molecule has 12 nitrogen and oxygen atoms in total. The number of hydrogen-bond acceptors (Lipinski definition) is 10. The average molecular weight is 537 g/mol. The first-order chi connectivity index (χ1) is 18.2. The minimum absolute atomic E-state index is 0.0632. The van der Waals surface area contributed by atoms with Gasteiger partial charge in [-0.05, 0) is 12.8 Å². The molecule has 0 unspecified atom stereocenters. The predicted molar refractivity (Wildman–Crippen MR) is 136 cm³/mol. The SMILES string of the molecule is C=CC(=O)OCCN(CCOC(=O)C=C)C(=O)CCCCC(=O)N(CCOC(=O)C=C)CCOC(=O)C=C. The van der Waals surface area contributed by atoms with Crippen molar-refractivity contribution in [3.63, 3.8) is 0 Å². The van der Waals surface area contributed by atoms with Gasteiger partial charge >= 0.3 is 23.9 Å². The number of rotatable bonds is 21. The van der Waals surface area contributed by atoms with E-state index in [9.17, 15) is 28.8 Å². The van der Waals surface area contributed by atoms with Crippen LogP contribution in [0.3, 0.4) is 0 Å². The summed E-state index contributed by atoms with van der Waals surface area (Å²) < 4.78 is 19.7. The molecule has 0 heterocycles. The number of esters is 4. The summed E-state index contributed by atoms with van der Waals surface area (Å²) >= 11 is 0. The second-order valence-electron chi connectivity index (χ2n) is 7.46. The van der Waals surface area contributed by atoms with Crippen LogP contribution in [0, 0.1) is 0 Å². The smallest absolute Gasteiger partial charge is 0.330 e.